The quantitative estimate of drug-likeness (QED) is 0.871. The van der Waals surface area contributed by atoms with Crippen molar-refractivity contribution >= 4 is 6.03 Å². The molecule has 1 aromatic carbocycles. The van der Waals surface area contributed by atoms with Crippen LogP contribution in [0.4, 0.5) is 4.79 Å². The summed E-state index contributed by atoms with van der Waals surface area (Å²) in [5.41, 5.74) is 0.722. The van der Waals surface area contributed by atoms with E-state index in [4.69, 9.17) is 14.0 Å². The molecule has 7 heteroatoms. The number of hydrogen-bond acceptors (Lipinski definition) is 5. The van der Waals surface area contributed by atoms with Gasteiger partial charge in [0.05, 0.1) is 26.7 Å². The zero-order valence-electron chi connectivity index (χ0n) is 14.7. The number of urea groups is 1. The van der Waals surface area contributed by atoms with Crippen LogP contribution in [0.15, 0.2) is 34.9 Å². The Hall–Kier alpha value is -2.70. The van der Waals surface area contributed by atoms with E-state index in [0.717, 1.165) is 11.5 Å². The van der Waals surface area contributed by atoms with E-state index in [1.165, 1.54) is 0 Å². The van der Waals surface area contributed by atoms with E-state index < -0.39 is 0 Å². The molecule has 0 atom stereocenters. The fourth-order valence-corrected chi connectivity index (χ4v) is 2.54. The van der Waals surface area contributed by atoms with E-state index in [1.54, 1.807) is 12.0 Å². The minimum atomic E-state index is -0.131. The maximum absolute atomic E-state index is 12.1. The van der Waals surface area contributed by atoms with E-state index in [9.17, 15) is 4.79 Å². The molecule has 1 N–H and O–H groups in total. The fraction of sp³-hybridized carbons (Fsp3) is 0.444. The second kappa shape index (κ2) is 7.46. The minimum absolute atomic E-state index is 0.0263. The first-order chi connectivity index (χ1) is 12.1. The van der Waals surface area contributed by atoms with Crippen LogP contribution in [0, 0.1) is 0 Å². The number of nitrogens with one attached hydrogen (secondary N) is 1. The first-order valence-electron chi connectivity index (χ1n) is 8.34. The van der Waals surface area contributed by atoms with Crippen LogP contribution in [0.2, 0.25) is 0 Å². The van der Waals surface area contributed by atoms with Crippen LogP contribution in [0.1, 0.15) is 31.2 Å². The maximum Gasteiger partial charge on any atom is 0.317 e. The number of likely N-dealkylation sites (tertiary alicyclic amines) is 1. The predicted octanol–water partition coefficient (Wildman–Crippen LogP) is 2.78. The van der Waals surface area contributed by atoms with Gasteiger partial charge in [0.15, 0.2) is 11.5 Å². The standard InChI is InChI=1S/C18H23N3O4/c1-12(2)17-8-13(20-25-17)9-19-18(22)21-10-14(11-21)24-16-7-5-4-6-15(16)23-3/h4-8,12,14H,9-11H2,1-3H3,(H,19,22). The van der Waals surface area contributed by atoms with Gasteiger partial charge < -0.3 is 24.2 Å². The highest BCUT2D eigenvalue weighted by Gasteiger charge is 2.32. The van der Waals surface area contributed by atoms with E-state index >= 15 is 0 Å². The number of rotatable bonds is 6. The average molecular weight is 345 g/mol. The van der Waals surface area contributed by atoms with Crippen LogP contribution in [0.25, 0.3) is 0 Å². The monoisotopic (exact) mass is 345 g/mol. The van der Waals surface area contributed by atoms with Crippen LogP contribution < -0.4 is 14.8 Å². The highest BCUT2D eigenvalue weighted by Crippen LogP contribution is 2.28. The molecular formula is C18H23N3O4. The Bertz CT molecular complexity index is 723. The number of para-hydroxylation sites is 2. The molecule has 0 bridgehead atoms. The second-order valence-electron chi connectivity index (χ2n) is 6.33. The molecule has 3 rings (SSSR count). The maximum atomic E-state index is 12.1. The van der Waals surface area contributed by atoms with Gasteiger partial charge in [0.1, 0.15) is 17.6 Å². The van der Waals surface area contributed by atoms with Crippen molar-refractivity contribution in [1.82, 2.24) is 15.4 Å². The predicted molar refractivity (Wildman–Crippen MR) is 91.8 cm³/mol. The molecule has 2 aromatic rings. The summed E-state index contributed by atoms with van der Waals surface area (Å²) in [4.78, 5) is 13.8. The molecule has 134 valence electrons. The fourth-order valence-electron chi connectivity index (χ4n) is 2.54. The highest BCUT2D eigenvalue weighted by atomic mass is 16.5. The first kappa shape index (κ1) is 17.1. The summed E-state index contributed by atoms with van der Waals surface area (Å²) in [7, 11) is 1.61. The number of hydrogen-bond donors (Lipinski definition) is 1. The summed E-state index contributed by atoms with van der Waals surface area (Å²) in [6.07, 6.45) is -0.0263. The molecule has 0 radical (unpaired) electrons. The van der Waals surface area contributed by atoms with Crippen molar-refractivity contribution in [2.24, 2.45) is 0 Å². The second-order valence-corrected chi connectivity index (χ2v) is 6.33. The SMILES string of the molecule is COc1ccccc1OC1CN(C(=O)NCc2cc(C(C)C)on2)C1. The normalized spacial score (nSPS) is 14.3. The molecule has 0 spiro atoms. The Labute approximate surface area is 146 Å². The lowest BCUT2D eigenvalue weighted by Gasteiger charge is -2.38. The summed E-state index contributed by atoms with van der Waals surface area (Å²) < 4.78 is 16.4. The van der Waals surface area contributed by atoms with Crippen molar-refractivity contribution in [1.29, 1.82) is 0 Å². The molecule has 1 aliphatic heterocycles. The summed E-state index contributed by atoms with van der Waals surface area (Å²) in [5, 5.41) is 6.80. The van der Waals surface area contributed by atoms with Gasteiger partial charge >= 0.3 is 6.03 Å². The number of nitrogens with zero attached hydrogens (tertiary/aromatic N) is 2. The summed E-state index contributed by atoms with van der Waals surface area (Å²) in [6.45, 7) is 5.50. The number of carbonyl (C=O) groups excluding carboxylic acids is 1. The molecule has 0 saturated carbocycles. The lowest BCUT2D eigenvalue weighted by atomic mass is 10.1. The number of methoxy groups -OCH3 is 1. The molecule has 2 heterocycles. The van der Waals surface area contributed by atoms with Gasteiger partial charge in [0.25, 0.3) is 0 Å². The van der Waals surface area contributed by atoms with E-state index in [0.29, 0.717) is 31.1 Å². The minimum Gasteiger partial charge on any atom is -0.493 e. The summed E-state index contributed by atoms with van der Waals surface area (Å²) in [5.74, 6) is 2.48. The average Bonchev–Trinajstić information content (AvgIpc) is 3.05. The number of amides is 2. The Kier molecular flexibility index (Phi) is 5.11. The first-order valence-corrected chi connectivity index (χ1v) is 8.34. The largest absolute Gasteiger partial charge is 0.493 e. The molecule has 0 unspecified atom stereocenters. The highest BCUT2D eigenvalue weighted by molar-refractivity contribution is 5.75. The van der Waals surface area contributed by atoms with Crippen LogP contribution >= 0.6 is 0 Å². The van der Waals surface area contributed by atoms with Gasteiger partial charge in [-0.25, -0.2) is 4.79 Å². The van der Waals surface area contributed by atoms with Gasteiger partial charge in [-0.3, -0.25) is 0 Å². The zero-order chi connectivity index (χ0) is 17.8. The molecule has 2 amide bonds. The summed E-state index contributed by atoms with van der Waals surface area (Å²) in [6, 6.07) is 9.23. The van der Waals surface area contributed by atoms with Gasteiger partial charge in [0, 0.05) is 12.0 Å². The van der Waals surface area contributed by atoms with Crippen LogP contribution in [0.5, 0.6) is 11.5 Å². The topological polar surface area (TPSA) is 76.8 Å². The molecule has 1 fully saturated rings. The Balaban J connectivity index is 1.43. The Morgan fingerprint density at radius 1 is 1.36 bits per heavy atom. The molecule has 7 nitrogen and oxygen atoms in total. The van der Waals surface area contributed by atoms with Crippen molar-refractivity contribution in [2.45, 2.75) is 32.4 Å². The number of ether oxygens (including phenoxy) is 2. The Morgan fingerprint density at radius 3 is 2.72 bits per heavy atom. The van der Waals surface area contributed by atoms with E-state index in [-0.39, 0.29) is 18.1 Å². The Morgan fingerprint density at radius 2 is 2.08 bits per heavy atom. The van der Waals surface area contributed by atoms with Crippen molar-refractivity contribution in [3.05, 3.63) is 41.8 Å². The van der Waals surface area contributed by atoms with Gasteiger partial charge in [0.2, 0.25) is 0 Å². The lowest BCUT2D eigenvalue weighted by Crippen LogP contribution is -2.58. The van der Waals surface area contributed by atoms with Gasteiger partial charge in [-0.2, -0.15) is 0 Å². The third-order valence-electron chi connectivity index (χ3n) is 4.06. The smallest absolute Gasteiger partial charge is 0.317 e. The van der Waals surface area contributed by atoms with Crippen molar-refractivity contribution < 1.29 is 18.8 Å². The summed E-state index contributed by atoms with van der Waals surface area (Å²) >= 11 is 0. The molecule has 1 aliphatic rings. The third kappa shape index (κ3) is 4.04. The number of benzene rings is 1. The van der Waals surface area contributed by atoms with Crippen LogP contribution in [0.3, 0.4) is 0 Å². The van der Waals surface area contributed by atoms with Crippen molar-refractivity contribution in [3.8, 4) is 11.5 Å². The number of carbonyl (C=O) groups is 1. The lowest BCUT2D eigenvalue weighted by molar-refractivity contribution is 0.0425. The van der Waals surface area contributed by atoms with Gasteiger partial charge in [-0.1, -0.05) is 31.1 Å². The van der Waals surface area contributed by atoms with Crippen molar-refractivity contribution in [3.63, 3.8) is 0 Å². The molecule has 25 heavy (non-hydrogen) atoms. The molecule has 1 aromatic heterocycles. The van der Waals surface area contributed by atoms with Gasteiger partial charge in [-0.15, -0.1) is 0 Å². The van der Waals surface area contributed by atoms with E-state index in [2.05, 4.69) is 10.5 Å². The van der Waals surface area contributed by atoms with Crippen LogP contribution in [-0.4, -0.2) is 42.4 Å². The van der Waals surface area contributed by atoms with Crippen molar-refractivity contribution in [2.75, 3.05) is 20.2 Å². The van der Waals surface area contributed by atoms with Crippen LogP contribution in [-0.2, 0) is 6.54 Å². The number of aromatic nitrogens is 1. The molecule has 0 aliphatic carbocycles. The van der Waals surface area contributed by atoms with Gasteiger partial charge in [-0.05, 0) is 12.1 Å². The molecule has 1 saturated heterocycles. The molecular weight excluding hydrogens is 322 g/mol. The third-order valence-corrected chi connectivity index (χ3v) is 4.06. The van der Waals surface area contributed by atoms with E-state index in [1.807, 2.05) is 44.2 Å². The zero-order valence-corrected chi connectivity index (χ0v) is 14.7.